The number of hydrogen-bond acceptors (Lipinski definition) is 3. The minimum absolute atomic E-state index is 0.0224. The number of rotatable bonds is 0. The molecule has 2 rings (SSSR count). The summed E-state index contributed by atoms with van der Waals surface area (Å²) in [7, 11) is 0. The van der Waals surface area contributed by atoms with Crippen molar-refractivity contribution in [1.82, 2.24) is 4.98 Å². The van der Waals surface area contributed by atoms with E-state index in [4.69, 9.17) is 23.1 Å². The first kappa shape index (κ1) is 9.02. The van der Waals surface area contributed by atoms with Gasteiger partial charge < -0.3 is 11.5 Å². The molecule has 0 aliphatic carbocycles. The Bertz CT molecular complexity index is 513. The van der Waals surface area contributed by atoms with Crippen LogP contribution in [0.1, 0.15) is 0 Å². The Morgan fingerprint density at radius 3 is 2.71 bits per heavy atom. The molecule has 0 aliphatic heterocycles. The highest BCUT2D eigenvalue weighted by molar-refractivity contribution is 6.31. The van der Waals surface area contributed by atoms with E-state index < -0.39 is 5.82 Å². The zero-order valence-corrected chi connectivity index (χ0v) is 7.85. The van der Waals surface area contributed by atoms with Gasteiger partial charge in [-0.05, 0) is 12.1 Å². The number of halogens is 2. The lowest BCUT2D eigenvalue weighted by Gasteiger charge is -2.05. The van der Waals surface area contributed by atoms with Crippen LogP contribution in [0.4, 0.5) is 15.8 Å². The van der Waals surface area contributed by atoms with Gasteiger partial charge in [-0.15, -0.1) is 0 Å². The highest BCUT2D eigenvalue weighted by atomic mass is 35.5. The lowest BCUT2D eigenvalue weighted by molar-refractivity contribution is 0.630. The third-order valence-electron chi connectivity index (χ3n) is 1.98. The molecule has 0 atom stereocenters. The fourth-order valence-electron chi connectivity index (χ4n) is 1.22. The van der Waals surface area contributed by atoms with Crippen LogP contribution < -0.4 is 11.5 Å². The Morgan fingerprint density at radius 1 is 1.29 bits per heavy atom. The average Bonchev–Trinajstić information content (AvgIpc) is 2.15. The van der Waals surface area contributed by atoms with Crippen LogP contribution in [0.3, 0.4) is 0 Å². The van der Waals surface area contributed by atoms with Crippen LogP contribution in [0.25, 0.3) is 10.9 Å². The maximum absolute atomic E-state index is 13.1. The van der Waals surface area contributed by atoms with Crippen LogP contribution in [-0.4, -0.2) is 4.98 Å². The predicted octanol–water partition coefficient (Wildman–Crippen LogP) is 2.19. The summed E-state index contributed by atoms with van der Waals surface area (Å²) in [6.07, 6.45) is 1.42. The summed E-state index contributed by atoms with van der Waals surface area (Å²) >= 11 is 5.59. The van der Waals surface area contributed by atoms with Crippen LogP contribution in [0.2, 0.25) is 5.02 Å². The highest BCUT2D eigenvalue weighted by Crippen LogP contribution is 2.28. The number of aromatic nitrogens is 1. The molecule has 0 amide bonds. The highest BCUT2D eigenvalue weighted by Gasteiger charge is 2.07. The van der Waals surface area contributed by atoms with E-state index in [-0.39, 0.29) is 5.02 Å². The Balaban J connectivity index is 2.89. The SMILES string of the molecule is Nc1cnc2cc(Cl)c(F)cc2c1N. The van der Waals surface area contributed by atoms with Crippen molar-refractivity contribution in [2.45, 2.75) is 0 Å². The standard InChI is InChI=1S/C9H7ClFN3/c10-5-2-8-4(1-6(5)11)9(13)7(12)3-14-8/h1-3H,12H2,(H2,13,14). The number of benzene rings is 1. The summed E-state index contributed by atoms with van der Waals surface area (Å²) in [5, 5.41) is 0.501. The van der Waals surface area contributed by atoms with Crippen LogP contribution in [-0.2, 0) is 0 Å². The minimum atomic E-state index is -0.529. The smallest absolute Gasteiger partial charge is 0.142 e. The quantitative estimate of drug-likeness (QED) is 0.702. The van der Waals surface area contributed by atoms with Gasteiger partial charge in [-0.2, -0.15) is 0 Å². The van der Waals surface area contributed by atoms with Crippen molar-refractivity contribution in [3.05, 3.63) is 29.2 Å². The molecule has 0 saturated carbocycles. The Hall–Kier alpha value is -1.55. The molecular weight excluding hydrogens is 205 g/mol. The van der Waals surface area contributed by atoms with Gasteiger partial charge in [-0.1, -0.05) is 11.6 Å². The monoisotopic (exact) mass is 211 g/mol. The summed E-state index contributed by atoms with van der Waals surface area (Å²) in [6.45, 7) is 0. The molecule has 0 bridgehead atoms. The van der Waals surface area contributed by atoms with Crippen LogP contribution in [0.5, 0.6) is 0 Å². The molecule has 0 aliphatic rings. The Labute approximate surface area is 84.5 Å². The normalized spacial score (nSPS) is 10.7. The van der Waals surface area contributed by atoms with E-state index in [1.807, 2.05) is 0 Å². The molecule has 14 heavy (non-hydrogen) atoms. The molecule has 1 aromatic heterocycles. The van der Waals surface area contributed by atoms with Gasteiger partial charge in [0.2, 0.25) is 0 Å². The van der Waals surface area contributed by atoms with Crippen LogP contribution >= 0.6 is 11.6 Å². The van der Waals surface area contributed by atoms with Crippen molar-refractivity contribution in [2.24, 2.45) is 0 Å². The number of fused-ring (bicyclic) bond motifs is 1. The second kappa shape index (κ2) is 2.99. The lowest BCUT2D eigenvalue weighted by Crippen LogP contribution is -1.97. The molecule has 3 nitrogen and oxygen atoms in total. The molecule has 0 unspecified atom stereocenters. The number of nitrogens with two attached hydrogens (primary N) is 2. The van der Waals surface area contributed by atoms with Crippen molar-refractivity contribution in [3.63, 3.8) is 0 Å². The fraction of sp³-hybridized carbons (Fsp3) is 0. The zero-order chi connectivity index (χ0) is 10.3. The molecule has 4 N–H and O–H groups in total. The van der Waals surface area contributed by atoms with Gasteiger partial charge in [0.15, 0.2) is 0 Å². The van der Waals surface area contributed by atoms with E-state index in [1.165, 1.54) is 18.3 Å². The summed E-state index contributed by atoms with van der Waals surface area (Å²) < 4.78 is 13.1. The molecule has 1 heterocycles. The van der Waals surface area contributed by atoms with Gasteiger partial charge in [-0.25, -0.2) is 4.39 Å². The van der Waals surface area contributed by atoms with Gasteiger partial charge in [0, 0.05) is 5.39 Å². The van der Waals surface area contributed by atoms with Crippen LogP contribution in [0, 0.1) is 5.82 Å². The van der Waals surface area contributed by atoms with Crippen molar-refractivity contribution < 1.29 is 4.39 Å². The van der Waals surface area contributed by atoms with Gasteiger partial charge in [0.05, 0.1) is 28.1 Å². The van der Waals surface area contributed by atoms with E-state index >= 15 is 0 Å². The number of hydrogen-bond donors (Lipinski definition) is 2. The molecule has 0 fully saturated rings. The first-order chi connectivity index (χ1) is 6.59. The average molecular weight is 212 g/mol. The summed E-state index contributed by atoms with van der Waals surface area (Å²) in [5.41, 5.74) is 12.4. The van der Waals surface area contributed by atoms with E-state index in [0.717, 1.165) is 0 Å². The molecule has 0 radical (unpaired) electrons. The van der Waals surface area contributed by atoms with Gasteiger partial charge in [0.25, 0.3) is 0 Å². The summed E-state index contributed by atoms with van der Waals surface area (Å²) in [4.78, 5) is 3.99. The number of anilines is 2. The third-order valence-corrected chi connectivity index (χ3v) is 2.27. The predicted molar refractivity (Wildman–Crippen MR) is 55.5 cm³/mol. The third kappa shape index (κ3) is 1.24. The zero-order valence-electron chi connectivity index (χ0n) is 7.09. The van der Waals surface area contributed by atoms with Crippen molar-refractivity contribution in [1.29, 1.82) is 0 Å². The number of nitrogens with zero attached hydrogens (tertiary/aromatic N) is 1. The maximum atomic E-state index is 13.1. The van der Waals surface area contributed by atoms with Crippen molar-refractivity contribution in [2.75, 3.05) is 11.5 Å². The van der Waals surface area contributed by atoms with E-state index in [9.17, 15) is 4.39 Å². The number of pyridine rings is 1. The lowest BCUT2D eigenvalue weighted by atomic mass is 10.1. The second-order valence-electron chi connectivity index (χ2n) is 2.91. The maximum Gasteiger partial charge on any atom is 0.142 e. The molecule has 0 saturated heterocycles. The van der Waals surface area contributed by atoms with E-state index in [2.05, 4.69) is 4.98 Å². The molecule has 72 valence electrons. The Morgan fingerprint density at radius 2 is 2.00 bits per heavy atom. The topological polar surface area (TPSA) is 64.9 Å². The number of nitrogen functional groups attached to an aromatic ring is 2. The van der Waals surface area contributed by atoms with E-state index in [0.29, 0.717) is 22.3 Å². The Kier molecular flexibility index (Phi) is 1.93. The molecular formula is C9H7ClFN3. The van der Waals surface area contributed by atoms with Gasteiger partial charge in [0.1, 0.15) is 5.82 Å². The fourth-order valence-corrected chi connectivity index (χ4v) is 1.38. The van der Waals surface area contributed by atoms with Crippen LogP contribution in [0.15, 0.2) is 18.3 Å². The minimum Gasteiger partial charge on any atom is -0.396 e. The first-order valence-corrected chi connectivity index (χ1v) is 4.26. The molecule has 5 heteroatoms. The van der Waals surface area contributed by atoms with Crippen molar-refractivity contribution >= 4 is 33.9 Å². The summed E-state index contributed by atoms with van der Waals surface area (Å²) in [6, 6.07) is 2.65. The van der Waals surface area contributed by atoms with E-state index in [1.54, 1.807) is 0 Å². The molecule has 2 aromatic rings. The summed E-state index contributed by atoms with van der Waals surface area (Å²) in [5.74, 6) is -0.529. The van der Waals surface area contributed by atoms with Crippen molar-refractivity contribution in [3.8, 4) is 0 Å². The second-order valence-corrected chi connectivity index (χ2v) is 3.32. The van der Waals surface area contributed by atoms with Gasteiger partial charge in [-0.3, -0.25) is 4.98 Å². The first-order valence-electron chi connectivity index (χ1n) is 3.88. The molecule has 0 spiro atoms. The van der Waals surface area contributed by atoms with Gasteiger partial charge >= 0.3 is 0 Å². The largest absolute Gasteiger partial charge is 0.396 e. The molecule has 1 aromatic carbocycles.